The van der Waals surface area contributed by atoms with Crippen molar-refractivity contribution in [1.29, 1.82) is 0 Å². The number of nitrogens with zero attached hydrogens (tertiary/aromatic N) is 3. The molecule has 20 heteroatoms. The second-order valence-corrected chi connectivity index (χ2v) is 16.1. The molecule has 0 spiro atoms. The molecule has 1 unspecified atom stereocenters. The Hall–Kier alpha value is -3.12. The number of hydrogen-bond acceptors (Lipinski definition) is 17. The van der Waals surface area contributed by atoms with Gasteiger partial charge < -0.3 is 63.1 Å². The predicted octanol–water partition coefficient (Wildman–Crippen LogP) is 3.13. The smallest absolute Gasteiger partial charge is 0.332 e. The topological polar surface area (TPSA) is 218 Å². The molecule has 3 N–H and O–H groups in total. The molecule has 19 nitrogen and oxygen atoms in total. The second-order valence-electron chi connectivity index (χ2n) is 15.0. The minimum Gasteiger partial charge on any atom is -0.479 e. The van der Waals surface area contributed by atoms with Gasteiger partial charge in [0.25, 0.3) is 5.91 Å². The van der Waals surface area contributed by atoms with E-state index in [1.165, 1.54) is 12.0 Å². The fourth-order valence-corrected chi connectivity index (χ4v) is 7.20. The molecule has 1 fully saturated rings. The van der Waals surface area contributed by atoms with Crippen molar-refractivity contribution in [2.24, 2.45) is 16.6 Å². The number of nitrogens with two attached hydrogens (primary N) is 1. The van der Waals surface area contributed by atoms with E-state index < -0.39 is 12.1 Å². The molecule has 0 aliphatic carbocycles. The molecule has 0 aromatic carbocycles. The summed E-state index contributed by atoms with van der Waals surface area (Å²) >= 11 is 1.62. The number of hydroxylamine groups is 2. The first-order chi connectivity index (χ1) is 30.6. The van der Waals surface area contributed by atoms with E-state index in [9.17, 15) is 14.4 Å². The van der Waals surface area contributed by atoms with Gasteiger partial charge in [-0.3, -0.25) is 14.4 Å². The zero-order chi connectivity index (χ0) is 45.5. The number of amidine groups is 1. The Bertz CT molecular complexity index is 1490. The molecule has 2 amide bonds. The summed E-state index contributed by atoms with van der Waals surface area (Å²) in [5, 5.41) is 10.2. The third-order valence-corrected chi connectivity index (χ3v) is 10.3. The number of fused-ring (bicyclic) bond motifs is 1. The molecule has 0 saturated carbocycles. The van der Waals surface area contributed by atoms with E-state index in [0.717, 1.165) is 28.3 Å². The minimum atomic E-state index is -0.998. The maximum Gasteiger partial charge on any atom is 0.332 e. The van der Waals surface area contributed by atoms with Crippen LogP contribution in [0.15, 0.2) is 16.6 Å². The number of aliphatic imine (C=N–C) groups is 1. The molecule has 1 saturated heterocycles. The summed E-state index contributed by atoms with van der Waals surface area (Å²) in [6, 6.07) is 2.05. The lowest BCUT2D eigenvalue weighted by molar-refractivity contribution is -0.196. The Morgan fingerprint density at radius 2 is 1.22 bits per heavy atom. The Morgan fingerprint density at radius 3 is 1.67 bits per heavy atom. The summed E-state index contributed by atoms with van der Waals surface area (Å²) in [5.41, 5.74) is 7.56. The third-order valence-electron chi connectivity index (χ3n) is 9.18. The molecule has 2 aliphatic heterocycles. The number of amides is 2. The highest BCUT2D eigenvalue weighted by molar-refractivity contribution is 7.13. The van der Waals surface area contributed by atoms with E-state index in [0.29, 0.717) is 162 Å². The molecule has 0 bridgehead atoms. The van der Waals surface area contributed by atoms with E-state index in [-0.39, 0.29) is 30.9 Å². The lowest BCUT2D eigenvalue weighted by Crippen LogP contribution is -2.50. The van der Waals surface area contributed by atoms with Gasteiger partial charge in [0.1, 0.15) is 5.84 Å². The van der Waals surface area contributed by atoms with Gasteiger partial charge >= 0.3 is 5.97 Å². The first-order valence-electron chi connectivity index (χ1n) is 22.0. The molecule has 3 heterocycles. The number of carbonyl (C=O) groups is 3. The van der Waals surface area contributed by atoms with Gasteiger partial charge in [-0.1, -0.05) is 6.92 Å². The van der Waals surface area contributed by atoms with Gasteiger partial charge in [-0.2, -0.15) is 0 Å². The van der Waals surface area contributed by atoms with Crippen molar-refractivity contribution in [1.82, 2.24) is 9.96 Å². The number of aliphatic carboxylic acids is 1. The van der Waals surface area contributed by atoms with Crippen LogP contribution in [0.25, 0.3) is 6.08 Å². The number of rotatable bonds is 39. The van der Waals surface area contributed by atoms with E-state index in [2.05, 4.69) is 4.99 Å². The highest BCUT2D eigenvalue weighted by Gasteiger charge is 2.31. The maximum absolute atomic E-state index is 13.3. The normalized spacial score (nSPS) is 14.6. The molecular formula is C43H72N4O15S. The molecule has 63 heavy (non-hydrogen) atoms. The minimum absolute atomic E-state index is 0.0856. The number of ether oxygens (including phenoxy) is 10. The first kappa shape index (κ1) is 54.2. The van der Waals surface area contributed by atoms with Gasteiger partial charge in [0.05, 0.1) is 149 Å². The highest BCUT2D eigenvalue weighted by Crippen LogP contribution is 2.37. The molecule has 1 aromatic rings. The summed E-state index contributed by atoms with van der Waals surface area (Å²) < 4.78 is 54.4. The Balaban J connectivity index is 1.05. The lowest BCUT2D eigenvalue weighted by atomic mass is 9.95. The molecule has 2 aliphatic rings. The van der Waals surface area contributed by atoms with Crippen LogP contribution >= 0.6 is 11.3 Å². The fourth-order valence-electron chi connectivity index (χ4n) is 6.02. The van der Waals surface area contributed by atoms with Crippen LogP contribution in [0, 0.1) is 5.92 Å². The summed E-state index contributed by atoms with van der Waals surface area (Å²) in [5.74, 6) is -0.333. The van der Waals surface area contributed by atoms with Crippen LogP contribution in [-0.2, 0) is 73.0 Å². The van der Waals surface area contributed by atoms with E-state index in [1.54, 1.807) is 11.3 Å². The maximum atomic E-state index is 13.3. The number of carbonyl (C=O) groups excluding carboxylic acids is 2. The van der Waals surface area contributed by atoms with Crippen LogP contribution < -0.4 is 5.73 Å². The number of thiophene rings is 1. The van der Waals surface area contributed by atoms with Crippen LogP contribution in [-0.4, -0.2) is 196 Å². The number of hydrogen-bond donors (Lipinski definition) is 2. The molecule has 1 aromatic heterocycles. The number of carboxylic acids is 1. The molecule has 3 rings (SSSR count). The number of carboxylic acid groups (broad SMARTS) is 1. The van der Waals surface area contributed by atoms with Gasteiger partial charge in [0.2, 0.25) is 5.91 Å². The van der Waals surface area contributed by atoms with Gasteiger partial charge in [-0.05, 0) is 51.7 Å². The third kappa shape index (κ3) is 24.1. The summed E-state index contributed by atoms with van der Waals surface area (Å²) in [7, 11) is 0. The van der Waals surface area contributed by atoms with Gasteiger partial charge in [0, 0.05) is 36.5 Å². The molecule has 1 atom stereocenters. The van der Waals surface area contributed by atoms with Crippen LogP contribution in [0.2, 0.25) is 0 Å². The van der Waals surface area contributed by atoms with Crippen molar-refractivity contribution in [3.63, 3.8) is 0 Å². The lowest BCUT2D eigenvalue weighted by Gasteiger charge is -2.39. The Morgan fingerprint density at radius 1 is 0.762 bits per heavy atom. The van der Waals surface area contributed by atoms with Crippen LogP contribution in [0.1, 0.15) is 56.7 Å². The zero-order valence-corrected chi connectivity index (χ0v) is 38.6. The Kier molecular flexibility index (Phi) is 28.7. The molecule has 360 valence electrons. The summed E-state index contributed by atoms with van der Waals surface area (Å²) in [4.78, 5) is 50.9. The predicted molar refractivity (Wildman–Crippen MR) is 235 cm³/mol. The monoisotopic (exact) mass is 916 g/mol. The highest BCUT2D eigenvalue weighted by atomic mass is 32.1. The largest absolute Gasteiger partial charge is 0.479 e. The number of likely N-dealkylation sites (tertiary alicyclic amines) is 1. The van der Waals surface area contributed by atoms with E-state index in [1.807, 2.05) is 37.8 Å². The van der Waals surface area contributed by atoms with E-state index in [4.69, 9.17) is 63.0 Å². The SMILES string of the molecule is CCCN(OC(C)C)C(=O)C1=Cc2sc(CC3CN(C(=O)CCOCCOCCOCCOCCOCCOCCOCCOCCOCCOC(C)C(=O)O)C3)cc2N=C(N)C1. The van der Waals surface area contributed by atoms with E-state index >= 15 is 0 Å². The summed E-state index contributed by atoms with van der Waals surface area (Å²) in [6.07, 6.45) is 3.15. The van der Waals surface area contributed by atoms with Gasteiger partial charge in [-0.25, -0.2) is 14.9 Å². The Labute approximate surface area is 376 Å². The van der Waals surface area contributed by atoms with Crippen molar-refractivity contribution in [3.05, 3.63) is 21.4 Å². The zero-order valence-electron chi connectivity index (χ0n) is 37.8. The van der Waals surface area contributed by atoms with Gasteiger partial charge in [-0.15, -0.1) is 11.3 Å². The molecule has 0 radical (unpaired) electrons. The molecular weight excluding hydrogens is 845 g/mol. The van der Waals surface area contributed by atoms with Crippen LogP contribution in [0.5, 0.6) is 0 Å². The fraction of sp³-hybridized carbons (Fsp3) is 0.767. The second kappa shape index (κ2) is 33.4. The standard InChI is InChI=1S/C43H72N4O15S/c1-5-7-47(62-33(2)3)42(49)36-28-39-38(45-40(44)29-36)30-37(63-39)27-35-31-46(32-35)41(48)6-8-52-9-10-53-11-12-54-13-14-55-15-16-56-17-18-57-19-20-58-21-22-59-23-24-60-25-26-61-34(4)43(50)51/h28,30,33-35H,5-27,29,31-32H2,1-4H3,(H2,44,45)(H,50,51). The average molecular weight is 917 g/mol. The van der Waals surface area contributed by atoms with Gasteiger partial charge in [0.15, 0.2) is 6.10 Å². The average Bonchev–Trinajstić information content (AvgIpc) is 3.53. The summed E-state index contributed by atoms with van der Waals surface area (Å²) in [6.45, 7) is 17.2. The van der Waals surface area contributed by atoms with Crippen molar-refractivity contribution < 1.29 is 71.7 Å². The van der Waals surface area contributed by atoms with Crippen LogP contribution in [0.3, 0.4) is 0 Å². The van der Waals surface area contributed by atoms with Crippen LogP contribution in [0.4, 0.5) is 5.69 Å². The van der Waals surface area contributed by atoms with Crippen molar-refractivity contribution >= 4 is 46.7 Å². The van der Waals surface area contributed by atoms with Crippen molar-refractivity contribution in [2.75, 3.05) is 145 Å². The van der Waals surface area contributed by atoms with Crippen molar-refractivity contribution in [3.8, 4) is 0 Å². The quantitative estimate of drug-likeness (QED) is 0.0716. The van der Waals surface area contributed by atoms with Crippen molar-refractivity contribution in [2.45, 2.75) is 65.6 Å². The first-order valence-corrected chi connectivity index (χ1v) is 22.9.